The van der Waals surface area contributed by atoms with E-state index in [0.717, 1.165) is 18.4 Å². The van der Waals surface area contributed by atoms with E-state index >= 15 is 0 Å². The van der Waals surface area contributed by atoms with Gasteiger partial charge in [-0.25, -0.2) is 13.1 Å². The molecular formula is C13H20ClNO2S. The molecule has 1 aromatic carbocycles. The van der Waals surface area contributed by atoms with Crippen molar-refractivity contribution in [2.75, 3.05) is 12.4 Å². The summed E-state index contributed by atoms with van der Waals surface area (Å²) < 4.78 is 26.4. The van der Waals surface area contributed by atoms with Crippen LogP contribution < -0.4 is 4.72 Å². The predicted molar refractivity (Wildman–Crippen MR) is 75.5 cm³/mol. The lowest BCUT2D eigenvalue weighted by molar-refractivity contribution is 0.543. The maximum Gasteiger partial charge on any atom is 0.240 e. The Labute approximate surface area is 115 Å². The maximum atomic E-state index is 11.9. The lowest BCUT2D eigenvalue weighted by atomic mass is 10.1. The van der Waals surface area contributed by atoms with E-state index in [-0.39, 0.29) is 0 Å². The molecule has 1 unspecified atom stereocenters. The second-order valence-electron chi connectivity index (χ2n) is 4.61. The molecule has 3 nitrogen and oxygen atoms in total. The number of halogens is 1. The summed E-state index contributed by atoms with van der Waals surface area (Å²) in [5.41, 5.74) is 1.05. The molecule has 0 saturated heterocycles. The van der Waals surface area contributed by atoms with Gasteiger partial charge < -0.3 is 0 Å². The average molecular weight is 290 g/mol. The van der Waals surface area contributed by atoms with Crippen molar-refractivity contribution in [1.29, 1.82) is 0 Å². The molecule has 0 aliphatic heterocycles. The third-order valence-electron chi connectivity index (χ3n) is 2.76. The number of nitrogens with one attached hydrogen (secondary N) is 1. The van der Waals surface area contributed by atoms with Crippen LogP contribution in [0.25, 0.3) is 0 Å². The van der Waals surface area contributed by atoms with Crippen LogP contribution in [0.1, 0.15) is 25.3 Å². The average Bonchev–Trinajstić information content (AvgIpc) is 2.35. The second-order valence-corrected chi connectivity index (χ2v) is 6.69. The van der Waals surface area contributed by atoms with Gasteiger partial charge in [-0.15, -0.1) is 11.6 Å². The minimum atomic E-state index is -3.36. The number of alkyl halides is 1. The lowest BCUT2D eigenvalue weighted by Gasteiger charge is -2.09. The number of benzene rings is 1. The van der Waals surface area contributed by atoms with Gasteiger partial charge in [0.05, 0.1) is 4.90 Å². The summed E-state index contributed by atoms with van der Waals surface area (Å²) in [7, 11) is -3.36. The Hall–Kier alpha value is -0.580. The van der Waals surface area contributed by atoms with Crippen LogP contribution in [0.3, 0.4) is 0 Å². The Bertz CT molecular complexity index is 456. The molecule has 0 aliphatic carbocycles. The molecule has 0 aliphatic rings. The number of hydrogen-bond acceptors (Lipinski definition) is 2. The Morgan fingerprint density at radius 3 is 2.44 bits per heavy atom. The van der Waals surface area contributed by atoms with E-state index in [1.807, 2.05) is 6.92 Å². The summed E-state index contributed by atoms with van der Waals surface area (Å²) in [4.78, 5) is 0.318. The van der Waals surface area contributed by atoms with Crippen LogP contribution in [0.4, 0.5) is 0 Å². The standard InChI is InChI=1S/C13H20ClNO2S/c1-11-5-7-13(8-6-11)18(16,17)15-9-3-4-12(2)10-14/h5-8,12,15H,3-4,9-10H2,1-2H3. The van der Waals surface area contributed by atoms with E-state index in [2.05, 4.69) is 11.6 Å². The van der Waals surface area contributed by atoms with Gasteiger partial charge in [0.25, 0.3) is 0 Å². The maximum absolute atomic E-state index is 11.9. The highest BCUT2D eigenvalue weighted by Crippen LogP contribution is 2.11. The SMILES string of the molecule is Cc1ccc(S(=O)(=O)NCCCC(C)CCl)cc1. The summed E-state index contributed by atoms with van der Waals surface area (Å²) in [5, 5.41) is 0. The molecule has 1 N–H and O–H groups in total. The van der Waals surface area contributed by atoms with Crippen LogP contribution >= 0.6 is 11.6 Å². The van der Waals surface area contributed by atoms with Crippen molar-refractivity contribution in [2.45, 2.75) is 31.6 Å². The van der Waals surface area contributed by atoms with Crippen molar-refractivity contribution in [3.8, 4) is 0 Å². The molecule has 1 atom stereocenters. The molecule has 0 spiro atoms. The zero-order valence-electron chi connectivity index (χ0n) is 10.8. The van der Waals surface area contributed by atoms with Gasteiger partial charge in [0, 0.05) is 12.4 Å². The van der Waals surface area contributed by atoms with Crippen molar-refractivity contribution < 1.29 is 8.42 Å². The molecule has 0 aromatic heterocycles. The Kier molecular flexibility index (Phi) is 6.12. The molecular weight excluding hydrogens is 270 g/mol. The van der Waals surface area contributed by atoms with E-state index in [1.165, 1.54) is 0 Å². The summed E-state index contributed by atoms with van der Waals surface area (Å²) in [6, 6.07) is 6.84. The fourth-order valence-corrected chi connectivity index (χ4v) is 2.76. The largest absolute Gasteiger partial charge is 0.240 e. The fourth-order valence-electron chi connectivity index (χ4n) is 1.53. The highest BCUT2D eigenvalue weighted by molar-refractivity contribution is 7.89. The van der Waals surface area contributed by atoms with Crippen molar-refractivity contribution >= 4 is 21.6 Å². The van der Waals surface area contributed by atoms with Crippen molar-refractivity contribution in [3.05, 3.63) is 29.8 Å². The smallest absolute Gasteiger partial charge is 0.211 e. The first-order valence-corrected chi connectivity index (χ1v) is 8.10. The van der Waals surface area contributed by atoms with Crippen LogP contribution in [0, 0.1) is 12.8 Å². The second kappa shape index (κ2) is 7.12. The monoisotopic (exact) mass is 289 g/mol. The highest BCUT2D eigenvalue weighted by atomic mass is 35.5. The summed E-state index contributed by atoms with van der Waals surface area (Å²) in [6.07, 6.45) is 1.74. The molecule has 0 saturated carbocycles. The van der Waals surface area contributed by atoms with Gasteiger partial charge in [0.2, 0.25) is 10.0 Å². The Balaban J connectivity index is 2.48. The first-order chi connectivity index (χ1) is 8.45. The molecule has 18 heavy (non-hydrogen) atoms. The molecule has 5 heteroatoms. The van der Waals surface area contributed by atoms with E-state index < -0.39 is 10.0 Å². The highest BCUT2D eigenvalue weighted by Gasteiger charge is 2.12. The van der Waals surface area contributed by atoms with Crippen LogP contribution in [-0.4, -0.2) is 20.8 Å². The topological polar surface area (TPSA) is 46.2 Å². The van der Waals surface area contributed by atoms with E-state index in [0.29, 0.717) is 23.2 Å². The van der Waals surface area contributed by atoms with Gasteiger partial charge in [-0.3, -0.25) is 0 Å². The quantitative estimate of drug-likeness (QED) is 0.620. The van der Waals surface area contributed by atoms with Gasteiger partial charge in [0.15, 0.2) is 0 Å². The number of rotatable bonds is 7. The van der Waals surface area contributed by atoms with Gasteiger partial charge in [-0.1, -0.05) is 24.6 Å². The molecule has 1 rings (SSSR count). The van der Waals surface area contributed by atoms with Gasteiger partial charge >= 0.3 is 0 Å². The Morgan fingerprint density at radius 1 is 1.28 bits per heavy atom. The minimum absolute atomic E-state index is 0.318. The van der Waals surface area contributed by atoms with E-state index in [4.69, 9.17) is 11.6 Å². The Morgan fingerprint density at radius 2 is 1.89 bits per heavy atom. The molecule has 0 heterocycles. The molecule has 1 aromatic rings. The summed E-state index contributed by atoms with van der Waals surface area (Å²) in [6.45, 7) is 4.44. The minimum Gasteiger partial charge on any atom is -0.211 e. The van der Waals surface area contributed by atoms with Crippen LogP contribution in [0.15, 0.2) is 29.2 Å². The van der Waals surface area contributed by atoms with Gasteiger partial charge in [-0.05, 0) is 37.8 Å². The fraction of sp³-hybridized carbons (Fsp3) is 0.538. The van der Waals surface area contributed by atoms with E-state index in [1.54, 1.807) is 24.3 Å². The normalized spacial score (nSPS) is 13.5. The summed E-state index contributed by atoms with van der Waals surface area (Å²) >= 11 is 5.69. The number of sulfonamides is 1. The zero-order valence-corrected chi connectivity index (χ0v) is 12.4. The molecule has 0 amide bonds. The lowest BCUT2D eigenvalue weighted by Crippen LogP contribution is -2.25. The first-order valence-electron chi connectivity index (χ1n) is 6.08. The van der Waals surface area contributed by atoms with Crippen molar-refractivity contribution in [1.82, 2.24) is 4.72 Å². The predicted octanol–water partition coefficient (Wildman–Crippen LogP) is 2.93. The molecule has 0 radical (unpaired) electrons. The molecule has 0 fully saturated rings. The molecule has 0 bridgehead atoms. The van der Waals surface area contributed by atoms with Gasteiger partial charge in [-0.2, -0.15) is 0 Å². The van der Waals surface area contributed by atoms with Crippen molar-refractivity contribution in [3.63, 3.8) is 0 Å². The van der Waals surface area contributed by atoms with Crippen molar-refractivity contribution in [2.24, 2.45) is 5.92 Å². The first kappa shape index (κ1) is 15.5. The van der Waals surface area contributed by atoms with Crippen LogP contribution in [-0.2, 0) is 10.0 Å². The zero-order chi connectivity index (χ0) is 13.6. The van der Waals surface area contributed by atoms with E-state index in [9.17, 15) is 8.42 Å². The molecule has 102 valence electrons. The third kappa shape index (κ3) is 4.96. The number of hydrogen-bond donors (Lipinski definition) is 1. The van der Waals surface area contributed by atoms with Gasteiger partial charge in [0.1, 0.15) is 0 Å². The van der Waals surface area contributed by atoms with Crippen LogP contribution in [0.5, 0.6) is 0 Å². The van der Waals surface area contributed by atoms with Crippen LogP contribution in [0.2, 0.25) is 0 Å². The summed E-state index contributed by atoms with van der Waals surface area (Å²) in [5.74, 6) is 1.04. The number of aryl methyl sites for hydroxylation is 1. The third-order valence-corrected chi connectivity index (χ3v) is 4.76.